The Morgan fingerprint density at radius 1 is 1.27 bits per heavy atom. The molecular formula is C18H25N3O. The second-order valence-electron chi connectivity index (χ2n) is 6.64. The van der Waals surface area contributed by atoms with Crippen LogP contribution in [0.15, 0.2) is 18.3 Å². The molecule has 0 saturated carbocycles. The SMILES string of the molecule is Cc1nc2c(C)cccn2c1CC(=O)N1C(C)CCCC1C. The van der Waals surface area contributed by atoms with Crippen LogP contribution in [-0.4, -0.2) is 32.3 Å². The van der Waals surface area contributed by atoms with Gasteiger partial charge < -0.3 is 9.30 Å². The first kappa shape index (κ1) is 15.1. The van der Waals surface area contributed by atoms with E-state index < -0.39 is 0 Å². The van der Waals surface area contributed by atoms with E-state index in [1.807, 2.05) is 19.2 Å². The summed E-state index contributed by atoms with van der Waals surface area (Å²) in [6.07, 6.45) is 5.89. The van der Waals surface area contributed by atoms with Gasteiger partial charge in [-0.2, -0.15) is 0 Å². The zero-order valence-electron chi connectivity index (χ0n) is 14.0. The number of rotatable bonds is 2. The van der Waals surface area contributed by atoms with E-state index in [9.17, 15) is 4.79 Å². The van der Waals surface area contributed by atoms with Crippen molar-refractivity contribution in [3.05, 3.63) is 35.3 Å². The molecule has 1 aliphatic heterocycles. The van der Waals surface area contributed by atoms with Gasteiger partial charge >= 0.3 is 0 Å². The molecule has 0 aliphatic carbocycles. The third-order valence-corrected chi connectivity index (χ3v) is 4.94. The number of carbonyl (C=O) groups is 1. The van der Waals surface area contributed by atoms with Crippen molar-refractivity contribution in [2.45, 2.75) is 65.5 Å². The fraction of sp³-hybridized carbons (Fsp3) is 0.556. The van der Waals surface area contributed by atoms with Crippen LogP contribution in [0, 0.1) is 13.8 Å². The molecule has 22 heavy (non-hydrogen) atoms. The van der Waals surface area contributed by atoms with Crippen LogP contribution in [0.4, 0.5) is 0 Å². The Hall–Kier alpha value is -1.84. The van der Waals surface area contributed by atoms with Gasteiger partial charge in [0.1, 0.15) is 5.65 Å². The van der Waals surface area contributed by atoms with Gasteiger partial charge in [-0.3, -0.25) is 4.79 Å². The number of nitrogens with zero attached hydrogens (tertiary/aromatic N) is 3. The van der Waals surface area contributed by atoms with Crippen molar-refractivity contribution < 1.29 is 4.79 Å². The molecule has 0 N–H and O–H groups in total. The summed E-state index contributed by atoms with van der Waals surface area (Å²) in [5.74, 6) is 0.228. The molecule has 2 aromatic rings. The smallest absolute Gasteiger partial charge is 0.229 e. The van der Waals surface area contributed by atoms with Crippen LogP contribution in [0.25, 0.3) is 5.65 Å². The predicted octanol–water partition coefficient (Wildman–Crippen LogP) is 3.28. The zero-order valence-corrected chi connectivity index (χ0v) is 14.0. The van der Waals surface area contributed by atoms with E-state index in [1.165, 1.54) is 6.42 Å². The highest BCUT2D eigenvalue weighted by Crippen LogP contribution is 2.24. The van der Waals surface area contributed by atoms with Crippen LogP contribution >= 0.6 is 0 Å². The minimum Gasteiger partial charge on any atom is -0.337 e. The van der Waals surface area contributed by atoms with E-state index >= 15 is 0 Å². The fourth-order valence-corrected chi connectivity index (χ4v) is 3.73. The van der Waals surface area contributed by atoms with Crippen molar-refractivity contribution in [1.29, 1.82) is 0 Å². The van der Waals surface area contributed by atoms with Crippen molar-refractivity contribution >= 4 is 11.6 Å². The standard InChI is InChI=1S/C18H25N3O/c1-12-7-6-10-20-16(15(4)19-18(12)20)11-17(22)21-13(2)8-5-9-14(21)3/h6-7,10,13-14H,5,8-9,11H2,1-4H3. The predicted molar refractivity (Wildman–Crippen MR) is 88.0 cm³/mol. The number of hydrogen-bond donors (Lipinski definition) is 0. The van der Waals surface area contributed by atoms with E-state index in [4.69, 9.17) is 0 Å². The molecule has 1 amide bonds. The van der Waals surface area contributed by atoms with Crippen molar-refractivity contribution in [1.82, 2.24) is 14.3 Å². The maximum atomic E-state index is 12.9. The van der Waals surface area contributed by atoms with Crippen molar-refractivity contribution in [2.75, 3.05) is 0 Å². The average molecular weight is 299 g/mol. The summed E-state index contributed by atoms with van der Waals surface area (Å²) in [7, 11) is 0. The van der Waals surface area contributed by atoms with E-state index in [2.05, 4.69) is 41.1 Å². The topological polar surface area (TPSA) is 37.6 Å². The molecule has 2 unspecified atom stereocenters. The van der Waals surface area contributed by atoms with Gasteiger partial charge in [-0.05, 0) is 58.6 Å². The van der Waals surface area contributed by atoms with Crippen LogP contribution in [0.3, 0.4) is 0 Å². The summed E-state index contributed by atoms with van der Waals surface area (Å²) >= 11 is 0. The van der Waals surface area contributed by atoms with Gasteiger partial charge in [-0.15, -0.1) is 0 Å². The molecule has 4 nitrogen and oxygen atoms in total. The number of piperidine rings is 1. The van der Waals surface area contributed by atoms with Crippen LogP contribution in [0.5, 0.6) is 0 Å². The lowest BCUT2D eigenvalue weighted by Crippen LogP contribution is -2.48. The summed E-state index contributed by atoms with van der Waals surface area (Å²) in [5, 5.41) is 0. The van der Waals surface area contributed by atoms with Gasteiger partial charge in [0, 0.05) is 18.3 Å². The largest absolute Gasteiger partial charge is 0.337 e. The number of carbonyl (C=O) groups excluding carboxylic acids is 1. The van der Waals surface area contributed by atoms with E-state index in [0.29, 0.717) is 18.5 Å². The molecule has 0 spiro atoms. The van der Waals surface area contributed by atoms with Crippen LogP contribution in [-0.2, 0) is 11.2 Å². The number of aromatic nitrogens is 2. The third-order valence-electron chi connectivity index (χ3n) is 4.94. The molecule has 0 radical (unpaired) electrons. The second-order valence-corrected chi connectivity index (χ2v) is 6.64. The molecule has 1 aliphatic rings. The lowest BCUT2D eigenvalue weighted by Gasteiger charge is -2.39. The van der Waals surface area contributed by atoms with E-state index in [-0.39, 0.29) is 5.91 Å². The summed E-state index contributed by atoms with van der Waals surface area (Å²) in [6.45, 7) is 8.39. The number of pyridine rings is 1. The van der Waals surface area contributed by atoms with Crippen molar-refractivity contribution in [3.8, 4) is 0 Å². The normalized spacial score (nSPS) is 22.3. The van der Waals surface area contributed by atoms with Gasteiger partial charge in [-0.25, -0.2) is 4.98 Å². The summed E-state index contributed by atoms with van der Waals surface area (Å²) in [6, 6.07) is 4.76. The first-order chi connectivity index (χ1) is 10.5. The molecule has 3 rings (SSSR count). The van der Waals surface area contributed by atoms with Gasteiger partial charge in [0.25, 0.3) is 0 Å². The maximum Gasteiger partial charge on any atom is 0.229 e. The zero-order chi connectivity index (χ0) is 15.9. The number of imidazole rings is 1. The minimum atomic E-state index is 0.228. The lowest BCUT2D eigenvalue weighted by molar-refractivity contribution is -0.136. The van der Waals surface area contributed by atoms with E-state index in [1.54, 1.807) is 0 Å². The molecule has 4 heteroatoms. The first-order valence-electron chi connectivity index (χ1n) is 8.23. The summed E-state index contributed by atoms with van der Waals surface area (Å²) < 4.78 is 2.07. The molecule has 1 fully saturated rings. The van der Waals surface area contributed by atoms with Crippen LogP contribution in [0.2, 0.25) is 0 Å². The number of hydrogen-bond acceptors (Lipinski definition) is 2. The highest BCUT2D eigenvalue weighted by atomic mass is 16.2. The van der Waals surface area contributed by atoms with Gasteiger partial charge in [0.2, 0.25) is 5.91 Å². The van der Waals surface area contributed by atoms with Gasteiger partial charge in [0.15, 0.2) is 0 Å². The lowest BCUT2D eigenvalue weighted by atomic mass is 9.97. The first-order valence-corrected chi connectivity index (χ1v) is 8.23. The third kappa shape index (κ3) is 2.51. The molecular weight excluding hydrogens is 274 g/mol. The van der Waals surface area contributed by atoms with Crippen molar-refractivity contribution in [3.63, 3.8) is 0 Å². The number of likely N-dealkylation sites (tertiary alicyclic amines) is 1. The molecule has 0 bridgehead atoms. The Kier molecular flexibility index (Phi) is 3.94. The maximum absolute atomic E-state index is 12.9. The number of fused-ring (bicyclic) bond motifs is 1. The molecule has 3 heterocycles. The molecule has 2 aromatic heterocycles. The summed E-state index contributed by atoms with van der Waals surface area (Å²) in [5.41, 5.74) is 4.08. The number of aryl methyl sites for hydroxylation is 2. The molecule has 0 aromatic carbocycles. The number of amides is 1. The monoisotopic (exact) mass is 299 g/mol. The average Bonchev–Trinajstić information content (AvgIpc) is 2.77. The molecule has 1 saturated heterocycles. The molecule has 118 valence electrons. The van der Waals surface area contributed by atoms with E-state index in [0.717, 1.165) is 35.4 Å². The van der Waals surface area contributed by atoms with Crippen molar-refractivity contribution in [2.24, 2.45) is 0 Å². The summed E-state index contributed by atoms with van der Waals surface area (Å²) in [4.78, 5) is 19.6. The Bertz CT molecular complexity index is 694. The fourth-order valence-electron chi connectivity index (χ4n) is 3.73. The van der Waals surface area contributed by atoms with Crippen LogP contribution in [0.1, 0.15) is 50.1 Å². The highest BCUT2D eigenvalue weighted by molar-refractivity contribution is 5.79. The Labute approximate surface area is 132 Å². The highest BCUT2D eigenvalue weighted by Gasteiger charge is 2.29. The minimum absolute atomic E-state index is 0.228. The van der Waals surface area contributed by atoms with Gasteiger partial charge in [-0.1, -0.05) is 6.07 Å². The Morgan fingerprint density at radius 3 is 2.64 bits per heavy atom. The van der Waals surface area contributed by atoms with Gasteiger partial charge in [0.05, 0.1) is 17.8 Å². The molecule has 2 atom stereocenters. The quantitative estimate of drug-likeness (QED) is 0.853. The Balaban J connectivity index is 1.91. The van der Waals surface area contributed by atoms with Crippen LogP contribution < -0.4 is 0 Å². The Morgan fingerprint density at radius 2 is 1.95 bits per heavy atom. The second kappa shape index (κ2) is 5.75.